The SMILES string of the molecule is CCn1c(C)cc(CNc2cccc(Cl)n2)c1C. The normalized spacial score (nSPS) is 10.7. The van der Waals surface area contributed by atoms with Gasteiger partial charge >= 0.3 is 0 Å². The van der Waals surface area contributed by atoms with Crippen molar-refractivity contribution in [3.8, 4) is 0 Å². The summed E-state index contributed by atoms with van der Waals surface area (Å²) in [5, 5.41) is 3.81. The van der Waals surface area contributed by atoms with Gasteiger partial charge in [-0.05, 0) is 44.5 Å². The summed E-state index contributed by atoms with van der Waals surface area (Å²) in [5.41, 5.74) is 3.91. The van der Waals surface area contributed by atoms with Gasteiger partial charge in [-0.25, -0.2) is 4.98 Å². The molecule has 0 spiro atoms. The Balaban J connectivity index is 2.11. The second kappa shape index (κ2) is 5.44. The fourth-order valence-corrected chi connectivity index (χ4v) is 2.39. The molecular formula is C14H18ClN3. The van der Waals surface area contributed by atoms with Gasteiger partial charge in [-0.1, -0.05) is 17.7 Å². The van der Waals surface area contributed by atoms with Crippen molar-refractivity contribution in [2.45, 2.75) is 33.9 Å². The molecule has 0 aliphatic heterocycles. The molecule has 2 aromatic heterocycles. The van der Waals surface area contributed by atoms with Crippen LogP contribution < -0.4 is 5.32 Å². The van der Waals surface area contributed by atoms with Crippen LogP contribution in [0.15, 0.2) is 24.3 Å². The number of rotatable bonds is 4. The lowest BCUT2D eigenvalue weighted by Crippen LogP contribution is -2.04. The van der Waals surface area contributed by atoms with Crippen molar-refractivity contribution in [1.29, 1.82) is 0 Å². The summed E-state index contributed by atoms with van der Waals surface area (Å²) in [6, 6.07) is 7.81. The molecule has 2 aromatic rings. The third kappa shape index (κ3) is 2.67. The molecular weight excluding hydrogens is 246 g/mol. The predicted octanol–water partition coefficient (Wildman–Crippen LogP) is 3.79. The first-order valence-electron chi connectivity index (χ1n) is 6.14. The fraction of sp³-hybridized carbons (Fsp3) is 0.357. The minimum absolute atomic E-state index is 0.513. The van der Waals surface area contributed by atoms with E-state index in [2.05, 4.69) is 41.7 Å². The summed E-state index contributed by atoms with van der Waals surface area (Å²) in [7, 11) is 0. The Bertz CT molecular complexity index is 546. The summed E-state index contributed by atoms with van der Waals surface area (Å²) in [6.45, 7) is 8.23. The highest BCUT2D eigenvalue weighted by molar-refractivity contribution is 6.29. The molecule has 0 saturated carbocycles. The number of pyridine rings is 1. The topological polar surface area (TPSA) is 29.9 Å². The lowest BCUT2D eigenvalue weighted by molar-refractivity contribution is 0.715. The van der Waals surface area contributed by atoms with Gasteiger partial charge in [0.2, 0.25) is 0 Å². The van der Waals surface area contributed by atoms with E-state index in [0.29, 0.717) is 5.15 Å². The van der Waals surface area contributed by atoms with Crippen molar-refractivity contribution in [1.82, 2.24) is 9.55 Å². The number of anilines is 1. The first kappa shape index (κ1) is 13.0. The quantitative estimate of drug-likeness (QED) is 0.851. The van der Waals surface area contributed by atoms with E-state index in [4.69, 9.17) is 11.6 Å². The molecule has 18 heavy (non-hydrogen) atoms. The summed E-state index contributed by atoms with van der Waals surface area (Å²) in [5.74, 6) is 0.809. The van der Waals surface area contributed by atoms with Gasteiger partial charge in [0, 0.05) is 24.5 Å². The lowest BCUT2D eigenvalue weighted by Gasteiger charge is -2.07. The minimum atomic E-state index is 0.513. The Morgan fingerprint density at radius 3 is 2.72 bits per heavy atom. The molecule has 0 aromatic carbocycles. The van der Waals surface area contributed by atoms with Crippen LogP contribution in [0.3, 0.4) is 0 Å². The zero-order valence-electron chi connectivity index (χ0n) is 11.0. The standard InChI is InChI=1S/C14H18ClN3/c1-4-18-10(2)8-12(11(18)3)9-16-14-7-5-6-13(15)17-14/h5-8H,4,9H2,1-3H3,(H,16,17). The summed E-state index contributed by atoms with van der Waals surface area (Å²) in [6.07, 6.45) is 0. The van der Waals surface area contributed by atoms with Crippen LogP contribution in [-0.2, 0) is 13.1 Å². The molecule has 0 unspecified atom stereocenters. The fourth-order valence-electron chi connectivity index (χ4n) is 2.23. The number of nitrogens with one attached hydrogen (secondary N) is 1. The number of hydrogen-bond acceptors (Lipinski definition) is 2. The van der Waals surface area contributed by atoms with E-state index in [-0.39, 0.29) is 0 Å². The van der Waals surface area contributed by atoms with Crippen molar-refractivity contribution >= 4 is 17.4 Å². The summed E-state index contributed by atoms with van der Waals surface area (Å²) in [4.78, 5) is 4.21. The predicted molar refractivity (Wildman–Crippen MR) is 76.2 cm³/mol. The molecule has 0 bridgehead atoms. The molecule has 1 N–H and O–H groups in total. The Morgan fingerprint density at radius 2 is 2.11 bits per heavy atom. The van der Waals surface area contributed by atoms with E-state index in [1.165, 1.54) is 17.0 Å². The van der Waals surface area contributed by atoms with Crippen molar-refractivity contribution in [3.63, 3.8) is 0 Å². The average molecular weight is 264 g/mol. The van der Waals surface area contributed by atoms with E-state index < -0.39 is 0 Å². The van der Waals surface area contributed by atoms with Gasteiger partial charge in [-0.2, -0.15) is 0 Å². The van der Waals surface area contributed by atoms with Gasteiger partial charge in [-0.15, -0.1) is 0 Å². The highest BCUT2D eigenvalue weighted by Crippen LogP contribution is 2.17. The van der Waals surface area contributed by atoms with E-state index in [0.717, 1.165) is 18.9 Å². The Morgan fingerprint density at radius 1 is 1.33 bits per heavy atom. The highest BCUT2D eigenvalue weighted by atomic mass is 35.5. The van der Waals surface area contributed by atoms with Gasteiger partial charge in [0.05, 0.1) is 0 Å². The molecule has 0 saturated heterocycles. The molecule has 0 fully saturated rings. The van der Waals surface area contributed by atoms with Crippen LogP contribution in [0.1, 0.15) is 23.9 Å². The third-order valence-electron chi connectivity index (χ3n) is 3.17. The Hall–Kier alpha value is -1.48. The lowest BCUT2D eigenvalue weighted by atomic mass is 10.2. The zero-order chi connectivity index (χ0) is 13.1. The van der Waals surface area contributed by atoms with E-state index in [9.17, 15) is 0 Å². The van der Waals surface area contributed by atoms with Crippen LogP contribution in [0.2, 0.25) is 5.15 Å². The molecule has 0 amide bonds. The van der Waals surface area contributed by atoms with E-state index >= 15 is 0 Å². The number of aromatic nitrogens is 2. The third-order valence-corrected chi connectivity index (χ3v) is 3.38. The second-order valence-corrected chi connectivity index (χ2v) is 4.73. The zero-order valence-corrected chi connectivity index (χ0v) is 11.8. The van der Waals surface area contributed by atoms with E-state index in [1.54, 1.807) is 6.07 Å². The first-order valence-corrected chi connectivity index (χ1v) is 6.51. The van der Waals surface area contributed by atoms with Gasteiger partial charge < -0.3 is 9.88 Å². The molecule has 0 aliphatic rings. The van der Waals surface area contributed by atoms with Crippen molar-refractivity contribution < 1.29 is 0 Å². The molecule has 3 nitrogen and oxygen atoms in total. The summed E-state index contributed by atoms with van der Waals surface area (Å²) < 4.78 is 2.31. The largest absolute Gasteiger partial charge is 0.366 e. The Kier molecular flexibility index (Phi) is 3.92. The van der Waals surface area contributed by atoms with Crippen LogP contribution in [0.25, 0.3) is 0 Å². The van der Waals surface area contributed by atoms with Crippen molar-refractivity contribution in [2.24, 2.45) is 0 Å². The van der Waals surface area contributed by atoms with Crippen LogP contribution in [0.5, 0.6) is 0 Å². The van der Waals surface area contributed by atoms with Crippen molar-refractivity contribution in [2.75, 3.05) is 5.32 Å². The highest BCUT2D eigenvalue weighted by Gasteiger charge is 2.07. The monoisotopic (exact) mass is 263 g/mol. The van der Waals surface area contributed by atoms with Gasteiger partial charge in [0.15, 0.2) is 0 Å². The van der Waals surface area contributed by atoms with Gasteiger partial charge in [0.25, 0.3) is 0 Å². The molecule has 4 heteroatoms. The molecule has 0 radical (unpaired) electrons. The maximum absolute atomic E-state index is 5.85. The number of aryl methyl sites for hydroxylation is 1. The first-order chi connectivity index (χ1) is 8.61. The number of nitrogens with zero attached hydrogens (tertiary/aromatic N) is 2. The van der Waals surface area contributed by atoms with E-state index in [1.807, 2.05) is 12.1 Å². The Labute approximate surface area is 113 Å². The molecule has 0 atom stereocenters. The van der Waals surface area contributed by atoms with Crippen LogP contribution in [-0.4, -0.2) is 9.55 Å². The second-order valence-electron chi connectivity index (χ2n) is 4.34. The molecule has 0 aliphatic carbocycles. The number of halogens is 1. The van der Waals surface area contributed by atoms with Crippen LogP contribution in [0.4, 0.5) is 5.82 Å². The van der Waals surface area contributed by atoms with Crippen LogP contribution in [0, 0.1) is 13.8 Å². The van der Waals surface area contributed by atoms with Gasteiger partial charge in [0.1, 0.15) is 11.0 Å². The van der Waals surface area contributed by atoms with Crippen LogP contribution >= 0.6 is 11.6 Å². The molecule has 2 heterocycles. The van der Waals surface area contributed by atoms with Gasteiger partial charge in [-0.3, -0.25) is 0 Å². The summed E-state index contributed by atoms with van der Waals surface area (Å²) >= 11 is 5.85. The average Bonchev–Trinajstić information content (AvgIpc) is 2.61. The minimum Gasteiger partial charge on any atom is -0.366 e. The maximum Gasteiger partial charge on any atom is 0.131 e. The maximum atomic E-state index is 5.85. The smallest absolute Gasteiger partial charge is 0.131 e. The molecule has 2 rings (SSSR count). The molecule has 96 valence electrons. The van der Waals surface area contributed by atoms with Crippen molar-refractivity contribution in [3.05, 3.63) is 46.4 Å². The number of hydrogen-bond donors (Lipinski definition) is 1.